The minimum absolute atomic E-state index is 0.0496. The third kappa shape index (κ3) is 10.0. The van der Waals surface area contributed by atoms with Crippen LogP contribution in [0.2, 0.25) is 0 Å². The SMILES string of the molecule is CCCCN(CCOCC(=O)OCC)CC(N)=O. The van der Waals surface area contributed by atoms with Crippen molar-refractivity contribution >= 4 is 11.9 Å². The lowest BCUT2D eigenvalue weighted by Crippen LogP contribution is -2.37. The van der Waals surface area contributed by atoms with Crippen LogP contribution in [0, 0.1) is 0 Å². The molecule has 0 aromatic carbocycles. The summed E-state index contributed by atoms with van der Waals surface area (Å²) in [5, 5.41) is 0. The van der Waals surface area contributed by atoms with Crippen LogP contribution in [0.1, 0.15) is 26.7 Å². The van der Waals surface area contributed by atoms with Gasteiger partial charge in [-0.3, -0.25) is 9.69 Å². The Morgan fingerprint density at radius 1 is 1.22 bits per heavy atom. The number of nitrogens with two attached hydrogens (primary N) is 1. The standard InChI is InChI=1S/C12H24N2O4/c1-3-5-6-14(9-11(13)15)7-8-17-10-12(16)18-4-2/h3-10H2,1-2H3,(H2,13,15). The number of primary amides is 1. The van der Waals surface area contributed by atoms with Gasteiger partial charge in [-0.1, -0.05) is 13.3 Å². The Bertz CT molecular complexity index is 246. The first-order valence-corrected chi connectivity index (χ1v) is 6.34. The van der Waals surface area contributed by atoms with Crippen molar-refractivity contribution in [3.05, 3.63) is 0 Å². The van der Waals surface area contributed by atoms with Gasteiger partial charge in [0.05, 0.1) is 19.8 Å². The molecule has 106 valence electrons. The lowest BCUT2D eigenvalue weighted by Gasteiger charge is -2.20. The number of ether oxygens (including phenoxy) is 2. The summed E-state index contributed by atoms with van der Waals surface area (Å²) in [6, 6.07) is 0. The quantitative estimate of drug-likeness (QED) is 0.422. The third-order valence-electron chi connectivity index (χ3n) is 2.28. The van der Waals surface area contributed by atoms with E-state index in [0.29, 0.717) is 19.8 Å². The maximum absolute atomic E-state index is 11.0. The first-order valence-electron chi connectivity index (χ1n) is 6.34. The fourth-order valence-corrected chi connectivity index (χ4v) is 1.42. The number of carbonyl (C=O) groups excluding carboxylic acids is 2. The molecule has 2 N–H and O–H groups in total. The maximum atomic E-state index is 11.0. The molecular weight excluding hydrogens is 236 g/mol. The summed E-state index contributed by atoms with van der Waals surface area (Å²) in [6.07, 6.45) is 2.06. The molecule has 6 nitrogen and oxygen atoms in total. The average molecular weight is 260 g/mol. The second-order valence-corrected chi connectivity index (χ2v) is 3.95. The molecule has 0 saturated carbocycles. The molecule has 0 aliphatic rings. The Morgan fingerprint density at radius 3 is 2.50 bits per heavy atom. The molecule has 0 aromatic rings. The second kappa shape index (κ2) is 11.0. The first kappa shape index (κ1) is 16.9. The van der Waals surface area contributed by atoms with E-state index < -0.39 is 0 Å². The van der Waals surface area contributed by atoms with Crippen molar-refractivity contribution in [2.45, 2.75) is 26.7 Å². The van der Waals surface area contributed by atoms with E-state index in [1.165, 1.54) is 0 Å². The van der Waals surface area contributed by atoms with Crippen molar-refractivity contribution in [3.63, 3.8) is 0 Å². The summed E-state index contributed by atoms with van der Waals surface area (Å²) in [4.78, 5) is 23.8. The highest BCUT2D eigenvalue weighted by Gasteiger charge is 2.08. The number of esters is 1. The van der Waals surface area contributed by atoms with E-state index in [1.54, 1.807) is 6.92 Å². The van der Waals surface area contributed by atoms with Crippen molar-refractivity contribution in [3.8, 4) is 0 Å². The van der Waals surface area contributed by atoms with Gasteiger partial charge < -0.3 is 15.2 Å². The fraction of sp³-hybridized carbons (Fsp3) is 0.833. The van der Waals surface area contributed by atoms with E-state index >= 15 is 0 Å². The zero-order chi connectivity index (χ0) is 13.8. The summed E-state index contributed by atoms with van der Waals surface area (Å²) in [7, 11) is 0. The summed E-state index contributed by atoms with van der Waals surface area (Å²) < 4.78 is 9.90. The lowest BCUT2D eigenvalue weighted by atomic mass is 10.3. The van der Waals surface area contributed by atoms with Crippen LogP contribution in [0.4, 0.5) is 0 Å². The van der Waals surface area contributed by atoms with Gasteiger partial charge in [0, 0.05) is 6.54 Å². The molecule has 0 saturated heterocycles. The van der Waals surface area contributed by atoms with E-state index in [2.05, 4.69) is 6.92 Å². The van der Waals surface area contributed by atoms with Crippen LogP contribution in [0.3, 0.4) is 0 Å². The van der Waals surface area contributed by atoms with Gasteiger partial charge in [-0.25, -0.2) is 4.79 Å². The van der Waals surface area contributed by atoms with Crippen LogP contribution < -0.4 is 5.73 Å². The smallest absolute Gasteiger partial charge is 0.332 e. The van der Waals surface area contributed by atoms with Crippen molar-refractivity contribution < 1.29 is 19.1 Å². The van der Waals surface area contributed by atoms with Crippen molar-refractivity contribution in [1.29, 1.82) is 0 Å². The van der Waals surface area contributed by atoms with Gasteiger partial charge in [0.15, 0.2) is 0 Å². The molecule has 0 fully saturated rings. The monoisotopic (exact) mass is 260 g/mol. The minimum atomic E-state index is -0.368. The van der Waals surface area contributed by atoms with E-state index in [0.717, 1.165) is 19.4 Å². The number of rotatable bonds is 11. The third-order valence-corrected chi connectivity index (χ3v) is 2.28. The number of hydrogen-bond acceptors (Lipinski definition) is 5. The van der Waals surface area contributed by atoms with Crippen molar-refractivity contribution in [1.82, 2.24) is 4.90 Å². The van der Waals surface area contributed by atoms with Gasteiger partial charge in [-0.15, -0.1) is 0 Å². The Kier molecular flexibility index (Phi) is 10.3. The van der Waals surface area contributed by atoms with E-state index in [9.17, 15) is 9.59 Å². The summed E-state index contributed by atoms with van der Waals surface area (Å²) in [5.74, 6) is -0.719. The van der Waals surface area contributed by atoms with Gasteiger partial charge in [-0.2, -0.15) is 0 Å². The minimum Gasteiger partial charge on any atom is -0.464 e. The molecule has 0 atom stereocenters. The van der Waals surface area contributed by atoms with Crippen LogP contribution in [0.25, 0.3) is 0 Å². The number of nitrogens with zero attached hydrogens (tertiary/aromatic N) is 1. The first-order chi connectivity index (χ1) is 8.60. The van der Waals surface area contributed by atoms with Gasteiger partial charge in [0.1, 0.15) is 6.61 Å². The molecule has 0 bridgehead atoms. The van der Waals surface area contributed by atoms with Crippen molar-refractivity contribution in [2.24, 2.45) is 5.73 Å². The second-order valence-electron chi connectivity index (χ2n) is 3.95. The molecule has 0 radical (unpaired) electrons. The van der Waals surface area contributed by atoms with Gasteiger partial charge >= 0.3 is 5.97 Å². The van der Waals surface area contributed by atoms with Gasteiger partial charge in [0.2, 0.25) is 5.91 Å². The molecule has 6 heteroatoms. The predicted molar refractivity (Wildman–Crippen MR) is 68.0 cm³/mol. The maximum Gasteiger partial charge on any atom is 0.332 e. The Labute approximate surface area is 108 Å². The zero-order valence-electron chi connectivity index (χ0n) is 11.3. The number of carbonyl (C=O) groups is 2. The lowest BCUT2D eigenvalue weighted by molar-refractivity contribution is -0.148. The summed E-state index contributed by atoms with van der Waals surface area (Å²) in [6.45, 7) is 6.14. The normalized spacial score (nSPS) is 10.6. The summed E-state index contributed by atoms with van der Waals surface area (Å²) >= 11 is 0. The molecule has 0 rings (SSSR count). The highest BCUT2D eigenvalue weighted by Crippen LogP contribution is 1.95. The Balaban J connectivity index is 3.74. The molecular formula is C12H24N2O4. The largest absolute Gasteiger partial charge is 0.464 e. The molecule has 0 unspecified atom stereocenters. The predicted octanol–water partition coefficient (Wildman–Crippen LogP) is 0.154. The Morgan fingerprint density at radius 2 is 1.94 bits per heavy atom. The van der Waals surface area contributed by atoms with Crippen LogP contribution >= 0.6 is 0 Å². The van der Waals surface area contributed by atoms with E-state index in [4.69, 9.17) is 15.2 Å². The molecule has 0 spiro atoms. The Hall–Kier alpha value is -1.14. The van der Waals surface area contributed by atoms with Crippen LogP contribution in [-0.4, -0.2) is 56.2 Å². The van der Waals surface area contributed by atoms with Gasteiger partial charge in [0.25, 0.3) is 0 Å². The summed E-state index contributed by atoms with van der Waals surface area (Å²) in [5.41, 5.74) is 5.16. The van der Waals surface area contributed by atoms with E-state index in [-0.39, 0.29) is 25.0 Å². The number of amides is 1. The highest BCUT2D eigenvalue weighted by molar-refractivity contribution is 5.75. The van der Waals surface area contributed by atoms with Crippen LogP contribution in [0.5, 0.6) is 0 Å². The fourth-order valence-electron chi connectivity index (χ4n) is 1.42. The van der Waals surface area contributed by atoms with E-state index in [1.807, 2.05) is 4.90 Å². The van der Waals surface area contributed by atoms with Crippen LogP contribution in [-0.2, 0) is 19.1 Å². The molecule has 0 aliphatic heterocycles. The number of hydrogen-bond donors (Lipinski definition) is 1. The highest BCUT2D eigenvalue weighted by atomic mass is 16.6. The average Bonchev–Trinajstić information content (AvgIpc) is 2.31. The molecule has 18 heavy (non-hydrogen) atoms. The molecule has 0 aromatic heterocycles. The zero-order valence-corrected chi connectivity index (χ0v) is 11.3. The molecule has 0 aliphatic carbocycles. The van der Waals surface area contributed by atoms with Gasteiger partial charge in [-0.05, 0) is 19.9 Å². The molecule has 1 amide bonds. The van der Waals surface area contributed by atoms with Crippen molar-refractivity contribution in [2.75, 3.05) is 39.5 Å². The van der Waals surface area contributed by atoms with Crippen LogP contribution in [0.15, 0.2) is 0 Å². The molecule has 0 heterocycles. The topological polar surface area (TPSA) is 81.9 Å². The number of unbranched alkanes of at least 4 members (excludes halogenated alkanes) is 1.